The van der Waals surface area contributed by atoms with Crippen LogP contribution in [0.5, 0.6) is 0 Å². The van der Waals surface area contributed by atoms with E-state index < -0.39 is 35.8 Å². The highest BCUT2D eigenvalue weighted by molar-refractivity contribution is 5.97. The first-order valence-corrected chi connectivity index (χ1v) is 12.8. The molecule has 14 heteroatoms. The number of nitrogens with one attached hydrogen (secondary N) is 1. The fourth-order valence-electron chi connectivity index (χ4n) is 4.79. The minimum Gasteiger partial charge on any atom is -0.442 e. The molecular weight excluding hydrogens is 526 g/mol. The summed E-state index contributed by atoms with van der Waals surface area (Å²) >= 11 is 0. The number of carbonyl (C=O) groups excluding carboxylic acids is 3. The molecule has 4 heterocycles. The maximum atomic E-state index is 15.2. The number of pyridine rings is 1. The van der Waals surface area contributed by atoms with Crippen LogP contribution in [0.3, 0.4) is 0 Å². The quantitative estimate of drug-likeness (QED) is 0.468. The summed E-state index contributed by atoms with van der Waals surface area (Å²) < 4.78 is 37.3. The van der Waals surface area contributed by atoms with Crippen molar-refractivity contribution >= 4 is 29.3 Å². The summed E-state index contributed by atoms with van der Waals surface area (Å²) in [6.07, 6.45) is 3.40. The molecule has 2 atom stereocenters. The van der Waals surface area contributed by atoms with E-state index in [0.717, 1.165) is 12.1 Å². The molecule has 1 aromatic carbocycles. The van der Waals surface area contributed by atoms with Crippen LogP contribution in [-0.4, -0.2) is 87.7 Å². The Morgan fingerprint density at radius 1 is 1.18 bits per heavy atom. The number of piperazine rings is 1. The van der Waals surface area contributed by atoms with Crippen LogP contribution in [0.15, 0.2) is 42.9 Å². The second-order valence-corrected chi connectivity index (χ2v) is 9.71. The monoisotopic (exact) mass is 554 g/mol. The molecular formula is C26H28F2N8O4. The van der Waals surface area contributed by atoms with Gasteiger partial charge in [0.25, 0.3) is 5.91 Å². The lowest BCUT2D eigenvalue weighted by atomic mass is 10.1. The zero-order valence-corrected chi connectivity index (χ0v) is 22.0. The van der Waals surface area contributed by atoms with Crippen LogP contribution >= 0.6 is 0 Å². The molecule has 0 radical (unpaired) electrons. The summed E-state index contributed by atoms with van der Waals surface area (Å²) in [5, 5.41) is 10.5. The second-order valence-electron chi connectivity index (χ2n) is 9.71. The van der Waals surface area contributed by atoms with E-state index in [9.17, 15) is 14.4 Å². The van der Waals surface area contributed by atoms with Crippen molar-refractivity contribution in [3.63, 3.8) is 0 Å². The summed E-state index contributed by atoms with van der Waals surface area (Å²) in [5.41, 5.74) is 0.876. The number of rotatable bonds is 7. The van der Waals surface area contributed by atoms with Crippen LogP contribution in [0.4, 0.5) is 25.0 Å². The van der Waals surface area contributed by atoms with Crippen molar-refractivity contribution in [2.75, 3.05) is 42.5 Å². The first-order valence-electron chi connectivity index (χ1n) is 12.8. The molecule has 3 amide bonds. The summed E-state index contributed by atoms with van der Waals surface area (Å²) in [7, 11) is 0. The first kappa shape index (κ1) is 27.0. The molecule has 5 rings (SSSR count). The number of halogens is 2. The summed E-state index contributed by atoms with van der Waals surface area (Å²) in [4.78, 5) is 45.8. The van der Waals surface area contributed by atoms with Crippen molar-refractivity contribution in [3.05, 3.63) is 65.7 Å². The molecule has 0 bridgehead atoms. The largest absolute Gasteiger partial charge is 0.442 e. The van der Waals surface area contributed by atoms with E-state index in [-0.39, 0.29) is 56.6 Å². The third-order valence-corrected chi connectivity index (χ3v) is 6.78. The van der Waals surface area contributed by atoms with Crippen LogP contribution in [0.25, 0.3) is 0 Å². The molecule has 1 N–H and O–H groups in total. The number of aryl methyl sites for hydroxylation is 1. The van der Waals surface area contributed by atoms with Gasteiger partial charge in [-0.05, 0) is 26.0 Å². The van der Waals surface area contributed by atoms with Gasteiger partial charge in [-0.15, -0.1) is 5.10 Å². The van der Waals surface area contributed by atoms with E-state index in [1.54, 1.807) is 48.0 Å². The van der Waals surface area contributed by atoms with Crippen molar-refractivity contribution in [3.8, 4) is 0 Å². The molecule has 0 unspecified atom stereocenters. The summed E-state index contributed by atoms with van der Waals surface area (Å²) in [5.74, 6) is -2.36. The standard InChI is InChI=1S/C26H28F2N8O4/c1-16-13-35(32-31-16)14-20-15-36(26(39)40-20)19-10-21(27)23(22(28)11-19)33-6-8-34(9-7-33)25(38)17(2)30-24(37)18-4-3-5-29-12-18/h3-5,10-13,17,20H,6-9,14-15H2,1-2H3,(H,30,37)/t17-,20-/m0/s1. The number of amides is 3. The number of carbonyl (C=O) groups is 3. The minimum atomic E-state index is -0.824. The predicted octanol–water partition coefficient (Wildman–Crippen LogP) is 1.75. The van der Waals surface area contributed by atoms with Gasteiger partial charge in [-0.2, -0.15) is 0 Å². The van der Waals surface area contributed by atoms with Crippen molar-refractivity contribution in [1.82, 2.24) is 30.2 Å². The average molecular weight is 555 g/mol. The molecule has 2 saturated heterocycles. The van der Waals surface area contributed by atoms with Crippen LogP contribution in [0, 0.1) is 18.6 Å². The molecule has 0 saturated carbocycles. The average Bonchev–Trinajstić information content (AvgIpc) is 3.52. The van der Waals surface area contributed by atoms with Crippen molar-refractivity contribution in [2.45, 2.75) is 32.5 Å². The first-order chi connectivity index (χ1) is 19.2. The molecule has 12 nitrogen and oxygen atoms in total. The molecule has 0 spiro atoms. The van der Waals surface area contributed by atoms with E-state index >= 15 is 8.78 Å². The van der Waals surface area contributed by atoms with E-state index in [0.29, 0.717) is 11.3 Å². The number of anilines is 2. The maximum absolute atomic E-state index is 15.2. The third kappa shape index (κ3) is 5.70. The van der Waals surface area contributed by atoms with Gasteiger partial charge in [0.1, 0.15) is 17.8 Å². The molecule has 0 aliphatic carbocycles. The van der Waals surface area contributed by atoms with Crippen LogP contribution in [0.1, 0.15) is 23.0 Å². The maximum Gasteiger partial charge on any atom is 0.414 e. The van der Waals surface area contributed by atoms with Crippen molar-refractivity contribution in [1.29, 1.82) is 0 Å². The molecule has 210 valence electrons. The Bertz CT molecular complexity index is 1390. The topological polar surface area (TPSA) is 126 Å². The van der Waals surface area contributed by atoms with Gasteiger partial charge in [-0.25, -0.2) is 18.3 Å². The number of cyclic esters (lactones) is 1. The van der Waals surface area contributed by atoms with Gasteiger partial charge in [-0.1, -0.05) is 5.21 Å². The Hall–Kier alpha value is -4.62. The lowest BCUT2D eigenvalue weighted by Crippen LogP contribution is -2.54. The van der Waals surface area contributed by atoms with Gasteiger partial charge >= 0.3 is 6.09 Å². The number of benzene rings is 1. The molecule has 40 heavy (non-hydrogen) atoms. The van der Waals surface area contributed by atoms with E-state index in [4.69, 9.17) is 4.74 Å². The number of ether oxygens (including phenoxy) is 1. The van der Waals surface area contributed by atoms with E-state index in [1.807, 2.05) is 0 Å². The molecule has 2 aliphatic heterocycles. The third-order valence-electron chi connectivity index (χ3n) is 6.78. The highest BCUT2D eigenvalue weighted by atomic mass is 19.1. The van der Waals surface area contributed by atoms with Crippen molar-refractivity contribution in [2.24, 2.45) is 0 Å². The van der Waals surface area contributed by atoms with E-state index in [1.165, 1.54) is 16.0 Å². The highest BCUT2D eigenvalue weighted by Crippen LogP contribution is 2.32. The van der Waals surface area contributed by atoms with Crippen LogP contribution < -0.4 is 15.1 Å². The van der Waals surface area contributed by atoms with Crippen LogP contribution in [0.2, 0.25) is 0 Å². The predicted molar refractivity (Wildman–Crippen MR) is 139 cm³/mol. The Morgan fingerprint density at radius 2 is 1.90 bits per heavy atom. The Labute approximate surface area is 228 Å². The number of hydrogen-bond donors (Lipinski definition) is 1. The normalized spacial score (nSPS) is 18.1. The summed E-state index contributed by atoms with van der Waals surface area (Å²) in [6.45, 7) is 4.55. The minimum absolute atomic E-state index is 0.0491. The smallest absolute Gasteiger partial charge is 0.414 e. The fourth-order valence-corrected chi connectivity index (χ4v) is 4.79. The van der Waals surface area contributed by atoms with Gasteiger partial charge in [0, 0.05) is 56.9 Å². The molecule has 2 fully saturated rings. The van der Waals surface area contributed by atoms with Gasteiger partial charge in [-0.3, -0.25) is 19.5 Å². The van der Waals surface area contributed by atoms with Gasteiger partial charge in [0.2, 0.25) is 5.91 Å². The zero-order valence-electron chi connectivity index (χ0n) is 22.0. The molecule has 2 aromatic heterocycles. The van der Waals surface area contributed by atoms with Crippen LogP contribution in [-0.2, 0) is 16.1 Å². The Morgan fingerprint density at radius 3 is 2.52 bits per heavy atom. The second kappa shape index (κ2) is 11.2. The number of aromatic nitrogens is 4. The molecule has 3 aromatic rings. The number of hydrogen-bond acceptors (Lipinski definition) is 8. The fraction of sp³-hybridized carbons (Fsp3) is 0.385. The van der Waals surface area contributed by atoms with Crippen molar-refractivity contribution < 1.29 is 27.9 Å². The molecule has 2 aliphatic rings. The lowest BCUT2D eigenvalue weighted by Gasteiger charge is -2.37. The lowest BCUT2D eigenvalue weighted by molar-refractivity contribution is -0.133. The summed E-state index contributed by atoms with van der Waals surface area (Å²) in [6, 6.07) is 4.65. The Balaban J connectivity index is 1.18. The van der Waals surface area contributed by atoms with Gasteiger partial charge in [0.05, 0.1) is 30.0 Å². The SMILES string of the molecule is Cc1cn(C[C@H]2CN(c3cc(F)c(N4CCN(C(=O)[C@H](C)NC(=O)c5cccnc5)CC4)c(F)c3)C(=O)O2)nn1. The van der Waals surface area contributed by atoms with E-state index in [2.05, 4.69) is 20.6 Å². The Kier molecular flexibility index (Phi) is 7.58. The highest BCUT2D eigenvalue weighted by Gasteiger charge is 2.35. The zero-order chi connectivity index (χ0) is 28.4. The number of nitrogens with zero attached hydrogens (tertiary/aromatic N) is 7. The van der Waals surface area contributed by atoms with Gasteiger partial charge in [0.15, 0.2) is 11.6 Å². The van der Waals surface area contributed by atoms with Gasteiger partial charge < -0.3 is 19.9 Å².